The molecule has 1 unspecified atom stereocenters. The van der Waals surface area contributed by atoms with E-state index >= 15 is 0 Å². The molecule has 1 atom stereocenters. The summed E-state index contributed by atoms with van der Waals surface area (Å²) in [6, 6.07) is 6.93. The van der Waals surface area contributed by atoms with Gasteiger partial charge in [0.05, 0.1) is 11.9 Å². The van der Waals surface area contributed by atoms with Crippen LogP contribution in [0.15, 0.2) is 35.6 Å². The monoisotopic (exact) mass is 403 g/mol. The summed E-state index contributed by atoms with van der Waals surface area (Å²) in [5.74, 6) is -1.51. The van der Waals surface area contributed by atoms with Gasteiger partial charge in [-0.3, -0.25) is 20.4 Å². The van der Waals surface area contributed by atoms with Gasteiger partial charge in [-0.2, -0.15) is 0 Å². The molecule has 4 N–H and O–H groups in total. The first-order valence-electron chi connectivity index (χ1n) is 8.45. The first kappa shape index (κ1) is 21.2. The number of thioether (sulfide) groups is 1. The summed E-state index contributed by atoms with van der Waals surface area (Å²) >= 11 is 1.03. The fourth-order valence-electron chi connectivity index (χ4n) is 2.01. The number of nitrogens with two attached hydrogens (primary N) is 1. The lowest BCUT2D eigenvalue weighted by atomic mass is 10.1. The van der Waals surface area contributed by atoms with Gasteiger partial charge >= 0.3 is 5.97 Å². The van der Waals surface area contributed by atoms with Gasteiger partial charge in [0.1, 0.15) is 11.4 Å². The topological polar surface area (TPSA) is 136 Å². The third-order valence-corrected chi connectivity index (χ3v) is 4.53. The lowest BCUT2D eigenvalue weighted by molar-refractivity contribution is -0.121. The van der Waals surface area contributed by atoms with Crippen molar-refractivity contribution in [1.29, 1.82) is 0 Å². The molecule has 2 rings (SSSR count). The van der Waals surface area contributed by atoms with Gasteiger partial charge in [-0.15, -0.1) is 0 Å². The van der Waals surface area contributed by atoms with Crippen molar-refractivity contribution in [2.75, 3.05) is 12.3 Å². The number of ether oxygens (including phenoxy) is 1. The Kier molecular flexibility index (Phi) is 7.33. The number of benzene rings is 1. The molecule has 2 amide bonds. The van der Waals surface area contributed by atoms with Crippen LogP contribution in [-0.4, -0.2) is 39.6 Å². The minimum atomic E-state index is -0.619. The molecule has 0 spiro atoms. The predicted octanol–water partition coefficient (Wildman–Crippen LogP) is 1.49. The molecule has 0 radical (unpaired) electrons. The Morgan fingerprint density at radius 2 is 1.89 bits per heavy atom. The normalized spacial score (nSPS) is 11.4. The van der Waals surface area contributed by atoms with Gasteiger partial charge in [0.2, 0.25) is 0 Å². The number of hydrogen-bond acceptors (Lipinski definition) is 8. The van der Waals surface area contributed by atoms with Crippen LogP contribution in [0.3, 0.4) is 0 Å². The van der Waals surface area contributed by atoms with E-state index in [1.807, 2.05) is 6.92 Å². The summed E-state index contributed by atoms with van der Waals surface area (Å²) in [6.45, 7) is 5.42. The Morgan fingerprint density at radius 1 is 1.21 bits per heavy atom. The van der Waals surface area contributed by atoms with Crippen LogP contribution in [-0.2, 0) is 9.53 Å². The number of aryl methyl sites for hydroxylation is 1. The first-order valence-corrected chi connectivity index (χ1v) is 9.33. The highest BCUT2D eigenvalue weighted by Gasteiger charge is 2.19. The molecule has 0 aliphatic heterocycles. The quantitative estimate of drug-likeness (QED) is 0.286. The SMILES string of the molecule is CCOC(=O)c1cnc(SC(C)C(=O)NNC(=O)c2ccc(C)cc2)nc1N. The van der Waals surface area contributed by atoms with Crippen LogP contribution in [0, 0.1) is 6.92 Å². The largest absolute Gasteiger partial charge is 0.462 e. The Hall–Kier alpha value is -3.14. The van der Waals surface area contributed by atoms with Crippen LogP contribution in [0.25, 0.3) is 0 Å². The lowest BCUT2D eigenvalue weighted by Gasteiger charge is -2.12. The zero-order valence-electron chi connectivity index (χ0n) is 15.7. The van der Waals surface area contributed by atoms with E-state index in [1.54, 1.807) is 38.1 Å². The zero-order chi connectivity index (χ0) is 20.7. The number of nitrogens with one attached hydrogen (secondary N) is 2. The Morgan fingerprint density at radius 3 is 2.50 bits per heavy atom. The fourth-order valence-corrected chi connectivity index (χ4v) is 2.76. The van der Waals surface area contributed by atoms with Crippen LogP contribution in [0.4, 0.5) is 5.82 Å². The average Bonchev–Trinajstić information content (AvgIpc) is 2.66. The zero-order valence-corrected chi connectivity index (χ0v) is 16.5. The number of nitrogen functional groups attached to an aromatic ring is 1. The maximum atomic E-state index is 12.2. The van der Waals surface area contributed by atoms with Gasteiger partial charge in [0, 0.05) is 11.8 Å². The minimum Gasteiger partial charge on any atom is -0.462 e. The lowest BCUT2D eigenvalue weighted by Crippen LogP contribution is -2.44. The molecular weight excluding hydrogens is 382 g/mol. The second-order valence-corrected chi connectivity index (χ2v) is 7.05. The highest BCUT2D eigenvalue weighted by molar-refractivity contribution is 8.00. The van der Waals surface area contributed by atoms with Gasteiger partial charge in [-0.05, 0) is 32.9 Å². The number of hydrazine groups is 1. The summed E-state index contributed by atoms with van der Waals surface area (Å²) in [7, 11) is 0. The van der Waals surface area contributed by atoms with Crippen LogP contribution in [0.2, 0.25) is 0 Å². The van der Waals surface area contributed by atoms with Crippen LogP contribution in [0.1, 0.15) is 40.1 Å². The molecule has 0 fully saturated rings. The van der Waals surface area contributed by atoms with E-state index in [0.29, 0.717) is 5.56 Å². The minimum absolute atomic E-state index is 0.0313. The van der Waals surface area contributed by atoms with Crippen molar-refractivity contribution in [1.82, 2.24) is 20.8 Å². The average molecular weight is 403 g/mol. The highest BCUT2D eigenvalue weighted by atomic mass is 32.2. The smallest absolute Gasteiger partial charge is 0.343 e. The molecule has 2 aromatic rings. The van der Waals surface area contributed by atoms with Crippen molar-refractivity contribution in [2.45, 2.75) is 31.2 Å². The molecular formula is C18H21N5O4S. The molecule has 1 aromatic carbocycles. The van der Waals surface area contributed by atoms with E-state index in [0.717, 1.165) is 17.3 Å². The van der Waals surface area contributed by atoms with E-state index in [1.165, 1.54) is 6.20 Å². The number of carbonyl (C=O) groups is 3. The first-order chi connectivity index (χ1) is 13.3. The molecule has 0 saturated carbocycles. The predicted molar refractivity (Wildman–Crippen MR) is 105 cm³/mol. The van der Waals surface area contributed by atoms with Gasteiger partial charge in [-0.1, -0.05) is 29.5 Å². The molecule has 148 valence electrons. The maximum absolute atomic E-state index is 12.2. The third kappa shape index (κ3) is 5.68. The molecule has 1 heterocycles. The maximum Gasteiger partial charge on any atom is 0.343 e. The van der Waals surface area contributed by atoms with Gasteiger partial charge in [-0.25, -0.2) is 14.8 Å². The number of carbonyl (C=O) groups excluding carboxylic acids is 3. The van der Waals surface area contributed by atoms with Crippen LogP contribution < -0.4 is 16.6 Å². The highest BCUT2D eigenvalue weighted by Crippen LogP contribution is 2.21. The third-order valence-electron chi connectivity index (χ3n) is 3.56. The number of anilines is 1. The van der Waals surface area contributed by atoms with Crippen molar-refractivity contribution in [2.24, 2.45) is 0 Å². The number of rotatable bonds is 6. The Balaban J connectivity index is 1.91. The number of amides is 2. The molecule has 0 bridgehead atoms. The molecule has 9 nitrogen and oxygen atoms in total. The van der Waals surface area contributed by atoms with E-state index in [9.17, 15) is 14.4 Å². The fraction of sp³-hybridized carbons (Fsp3) is 0.278. The molecule has 0 aliphatic rings. The van der Waals surface area contributed by atoms with Crippen molar-refractivity contribution in [3.8, 4) is 0 Å². The van der Waals surface area contributed by atoms with Gasteiger partial charge in [0.15, 0.2) is 5.16 Å². The molecule has 28 heavy (non-hydrogen) atoms. The van der Waals surface area contributed by atoms with E-state index in [2.05, 4.69) is 20.8 Å². The number of hydrogen-bond donors (Lipinski definition) is 3. The molecule has 0 saturated heterocycles. The van der Waals surface area contributed by atoms with E-state index in [4.69, 9.17) is 10.5 Å². The molecule has 1 aromatic heterocycles. The van der Waals surface area contributed by atoms with Crippen LogP contribution >= 0.6 is 11.8 Å². The van der Waals surface area contributed by atoms with Gasteiger partial charge < -0.3 is 10.5 Å². The number of nitrogens with zero attached hydrogens (tertiary/aromatic N) is 2. The second-order valence-electron chi connectivity index (χ2n) is 5.74. The van der Waals surface area contributed by atoms with Gasteiger partial charge in [0.25, 0.3) is 11.8 Å². The molecule has 0 aliphatic carbocycles. The van der Waals surface area contributed by atoms with E-state index in [-0.39, 0.29) is 23.1 Å². The second kappa shape index (κ2) is 9.70. The number of aromatic nitrogens is 2. The summed E-state index contributed by atoms with van der Waals surface area (Å²) in [5, 5.41) is -0.399. The summed E-state index contributed by atoms with van der Waals surface area (Å²) in [5.41, 5.74) is 12.0. The van der Waals surface area contributed by atoms with Crippen molar-refractivity contribution in [3.63, 3.8) is 0 Å². The van der Waals surface area contributed by atoms with Crippen molar-refractivity contribution < 1.29 is 19.1 Å². The summed E-state index contributed by atoms with van der Waals surface area (Å²) < 4.78 is 4.86. The van der Waals surface area contributed by atoms with Crippen LogP contribution in [0.5, 0.6) is 0 Å². The molecule has 10 heteroatoms. The Labute approximate surface area is 166 Å². The standard InChI is InChI=1S/C18H21N5O4S/c1-4-27-17(26)13-9-20-18(21-14(13)19)28-11(3)15(24)22-23-16(25)12-7-5-10(2)6-8-12/h5-9,11H,4H2,1-3H3,(H,22,24)(H,23,25)(H2,19,20,21). The summed E-state index contributed by atoms with van der Waals surface area (Å²) in [4.78, 5) is 43.9. The van der Waals surface area contributed by atoms with Crippen molar-refractivity contribution in [3.05, 3.63) is 47.2 Å². The van der Waals surface area contributed by atoms with E-state index < -0.39 is 23.0 Å². The van der Waals surface area contributed by atoms with Crippen molar-refractivity contribution >= 4 is 35.4 Å². The summed E-state index contributed by atoms with van der Waals surface area (Å²) in [6.07, 6.45) is 1.26. The Bertz CT molecular complexity index is 873. The number of esters is 1.